The van der Waals surface area contributed by atoms with Crippen LogP contribution in [0.1, 0.15) is 12.8 Å². The minimum atomic E-state index is -0.0530. The second-order valence-electron chi connectivity index (χ2n) is 5.64. The average Bonchev–Trinajstić information content (AvgIpc) is 3.28. The van der Waals surface area contributed by atoms with Gasteiger partial charge in [-0.1, -0.05) is 12.1 Å². The first-order valence-corrected chi connectivity index (χ1v) is 8.48. The van der Waals surface area contributed by atoms with E-state index in [-0.39, 0.29) is 12.5 Å². The van der Waals surface area contributed by atoms with E-state index >= 15 is 0 Å². The molecule has 1 aromatic heterocycles. The predicted molar refractivity (Wildman–Crippen MR) is 91.7 cm³/mol. The first kappa shape index (κ1) is 14.2. The van der Waals surface area contributed by atoms with Crippen LogP contribution in [0.4, 0.5) is 0 Å². The van der Waals surface area contributed by atoms with Crippen molar-refractivity contribution in [1.82, 2.24) is 10.3 Å². The van der Waals surface area contributed by atoms with Gasteiger partial charge in [0, 0.05) is 11.6 Å². The number of rotatable bonds is 5. The lowest BCUT2D eigenvalue weighted by Gasteiger charge is -2.07. The number of amides is 1. The van der Waals surface area contributed by atoms with Gasteiger partial charge in [0.2, 0.25) is 0 Å². The number of carbonyl (C=O) groups is 1. The van der Waals surface area contributed by atoms with E-state index in [1.54, 1.807) is 11.3 Å². The molecule has 1 saturated carbocycles. The summed E-state index contributed by atoms with van der Waals surface area (Å²) in [6.45, 7) is 0.0665. The van der Waals surface area contributed by atoms with Crippen LogP contribution in [0.2, 0.25) is 0 Å². The van der Waals surface area contributed by atoms with Crippen molar-refractivity contribution in [2.75, 3.05) is 6.61 Å². The molecule has 1 aliphatic rings. The lowest BCUT2D eigenvalue weighted by atomic mass is 10.2. The lowest BCUT2D eigenvalue weighted by Crippen LogP contribution is -2.30. The summed E-state index contributed by atoms with van der Waals surface area (Å²) < 4.78 is 6.70. The Balaban J connectivity index is 1.43. The van der Waals surface area contributed by atoms with Gasteiger partial charge in [-0.2, -0.15) is 0 Å². The van der Waals surface area contributed by atoms with Crippen molar-refractivity contribution in [3.05, 3.63) is 48.5 Å². The highest BCUT2D eigenvalue weighted by Crippen LogP contribution is 2.30. The zero-order chi connectivity index (χ0) is 15.6. The molecule has 23 heavy (non-hydrogen) atoms. The molecule has 3 aromatic rings. The number of para-hydroxylation sites is 1. The molecule has 0 aliphatic heterocycles. The van der Waals surface area contributed by atoms with E-state index in [9.17, 15) is 4.79 Å². The van der Waals surface area contributed by atoms with Crippen molar-refractivity contribution in [1.29, 1.82) is 0 Å². The number of fused-ring (bicyclic) bond motifs is 1. The number of hydrogen-bond donors (Lipinski definition) is 1. The summed E-state index contributed by atoms with van der Waals surface area (Å²) in [5.41, 5.74) is 2.07. The highest BCUT2D eigenvalue weighted by Gasteiger charge is 2.23. The van der Waals surface area contributed by atoms with Gasteiger partial charge in [0.1, 0.15) is 10.8 Å². The van der Waals surface area contributed by atoms with Crippen LogP contribution in [0.15, 0.2) is 48.5 Å². The van der Waals surface area contributed by atoms with Crippen LogP contribution in [0.25, 0.3) is 20.8 Å². The number of carbonyl (C=O) groups excluding carboxylic acids is 1. The van der Waals surface area contributed by atoms with Crippen molar-refractivity contribution in [3.8, 4) is 16.3 Å². The highest BCUT2D eigenvalue weighted by molar-refractivity contribution is 7.21. The Morgan fingerprint density at radius 3 is 2.70 bits per heavy atom. The molecule has 0 saturated heterocycles. The van der Waals surface area contributed by atoms with Crippen molar-refractivity contribution >= 4 is 27.5 Å². The molecule has 5 heteroatoms. The van der Waals surface area contributed by atoms with Crippen molar-refractivity contribution < 1.29 is 9.53 Å². The molecule has 1 heterocycles. The van der Waals surface area contributed by atoms with Crippen LogP contribution in [-0.4, -0.2) is 23.5 Å². The van der Waals surface area contributed by atoms with Crippen LogP contribution >= 0.6 is 11.3 Å². The van der Waals surface area contributed by atoms with Crippen LogP contribution < -0.4 is 10.1 Å². The normalized spacial score (nSPS) is 13.9. The number of thiazole rings is 1. The second-order valence-corrected chi connectivity index (χ2v) is 6.67. The molecule has 0 atom stereocenters. The molecule has 1 aliphatic carbocycles. The summed E-state index contributed by atoms with van der Waals surface area (Å²) >= 11 is 1.67. The van der Waals surface area contributed by atoms with E-state index in [0.29, 0.717) is 11.8 Å². The standard InChI is InChI=1S/C18H16N2O2S/c21-17(19-13-7-8-13)11-22-14-9-5-12(6-10-14)18-20-15-3-1-2-4-16(15)23-18/h1-6,9-10,13H,7-8,11H2,(H,19,21). The van der Waals surface area contributed by atoms with Crippen LogP contribution in [0.3, 0.4) is 0 Å². The molecular weight excluding hydrogens is 308 g/mol. The molecule has 1 fully saturated rings. The molecule has 4 rings (SSSR count). The quantitative estimate of drug-likeness (QED) is 0.780. The molecule has 0 bridgehead atoms. The van der Waals surface area contributed by atoms with E-state index in [4.69, 9.17) is 4.74 Å². The van der Waals surface area contributed by atoms with Gasteiger partial charge in [0.05, 0.1) is 10.2 Å². The minimum Gasteiger partial charge on any atom is -0.484 e. The number of nitrogens with zero attached hydrogens (tertiary/aromatic N) is 1. The van der Waals surface area contributed by atoms with Gasteiger partial charge in [-0.25, -0.2) is 4.98 Å². The first-order valence-electron chi connectivity index (χ1n) is 7.66. The molecule has 2 aromatic carbocycles. The molecule has 1 N–H and O–H groups in total. The summed E-state index contributed by atoms with van der Waals surface area (Å²) in [6, 6.07) is 16.2. The fraction of sp³-hybridized carbons (Fsp3) is 0.222. The van der Waals surface area contributed by atoms with Crippen molar-refractivity contribution in [2.24, 2.45) is 0 Å². The average molecular weight is 324 g/mol. The molecule has 1 amide bonds. The Morgan fingerprint density at radius 2 is 1.96 bits per heavy atom. The molecule has 0 radical (unpaired) electrons. The van der Waals surface area contributed by atoms with Crippen LogP contribution in [-0.2, 0) is 4.79 Å². The van der Waals surface area contributed by atoms with Gasteiger partial charge in [-0.05, 0) is 49.2 Å². The number of aromatic nitrogens is 1. The fourth-order valence-corrected chi connectivity index (χ4v) is 3.31. The van der Waals surface area contributed by atoms with E-state index in [1.807, 2.05) is 42.5 Å². The molecular formula is C18H16N2O2S. The Hall–Kier alpha value is -2.40. The van der Waals surface area contributed by atoms with E-state index in [0.717, 1.165) is 28.9 Å². The first-order chi connectivity index (χ1) is 11.3. The van der Waals surface area contributed by atoms with Gasteiger partial charge < -0.3 is 10.1 Å². The largest absolute Gasteiger partial charge is 0.484 e. The van der Waals surface area contributed by atoms with Gasteiger partial charge in [-0.15, -0.1) is 11.3 Å². The highest BCUT2D eigenvalue weighted by atomic mass is 32.1. The van der Waals surface area contributed by atoms with Gasteiger partial charge in [-0.3, -0.25) is 4.79 Å². The van der Waals surface area contributed by atoms with Crippen LogP contribution in [0.5, 0.6) is 5.75 Å². The van der Waals surface area contributed by atoms with Crippen molar-refractivity contribution in [3.63, 3.8) is 0 Å². The number of hydrogen-bond acceptors (Lipinski definition) is 4. The Labute approximate surface area is 138 Å². The summed E-state index contributed by atoms with van der Waals surface area (Å²) in [4.78, 5) is 16.3. The molecule has 4 nitrogen and oxygen atoms in total. The molecule has 116 valence electrons. The smallest absolute Gasteiger partial charge is 0.258 e. The number of nitrogens with one attached hydrogen (secondary N) is 1. The topological polar surface area (TPSA) is 51.2 Å². The monoisotopic (exact) mass is 324 g/mol. The van der Waals surface area contributed by atoms with Gasteiger partial charge in [0.25, 0.3) is 5.91 Å². The third kappa shape index (κ3) is 3.35. The maximum atomic E-state index is 11.6. The fourth-order valence-electron chi connectivity index (χ4n) is 2.34. The maximum absolute atomic E-state index is 11.6. The lowest BCUT2D eigenvalue weighted by molar-refractivity contribution is -0.123. The third-order valence-electron chi connectivity index (χ3n) is 3.71. The zero-order valence-electron chi connectivity index (χ0n) is 12.5. The van der Waals surface area contributed by atoms with E-state index in [1.165, 1.54) is 4.70 Å². The third-order valence-corrected chi connectivity index (χ3v) is 4.79. The summed E-state index contributed by atoms with van der Waals surface area (Å²) in [5.74, 6) is 0.642. The summed E-state index contributed by atoms with van der Waals surface area (Å²) in [7, 11) is 0. The SMILES string of the molecule is O=C(COc1ccc(-c2nc3ccccc3s2)cc1)NC1CC1. The van der Waals surface area contributed by atoms with E-state index in [2.05, 4.69) is 16.4 Å². The number of ether oxygens (including phenoxy) is 1. The summed E-state index contributed by atoms with van der Waals surface area (Å²) in [6.07, 6.45) is 2.17. The second kappa shape index (κ2) is 6.01. The maximum Gasteiger partial charge on any atom is 0.258 e. The van der Waals surface area contributed by atoms with Gasteiger partial charge >= 0.3 is 0 Å². The van der Waals surface area contributed by atoms with Crippen LogP contribution in [0, 0.1) is 0 Å². The Morgan fingerprint density at radius 1 is 1.17 bits per heavy atom. The Kier molecular flexibility index (Phi) is 3.71. The summed E-state index contributed by atoms with van der Waals surface area (Å²) in [5, 5.41) is 3.89. The molecule has 0 unspecified atom stereocenters. The minimum absolute atomic E-state index is 0.0530. The van der Waals surface area contributed by atoms with E-state index < -0.39 is 0 Å². The zero-order valence-corrected chi connectivity index (χ0v) is 13.3. The Bertz CT molecular complexity index is 805. The molecule has 0 spiro atoms. The van der Waals surface area contributed by atoms with Crippen molar-refractivity contribution in [2.45, 2.75) is 18.9 Å². The predicted octanol–water partition coefficient (Wildman–Crippen LogP) is 3.62. The number of benzene rings is 2. The van der Waals surface area contributed by atoms with Gasteiger partial charge in [0.15, 0.2) is 6.61 Å².